The molecule has 2 aromatic heterocycles. The summed E-state index contributed by atoms with van der Waals surface area (Å²) in [4.78, 5) is 14.2. The molecular formula is C21H27N3O2S. The molecule has 0 saturated heterocycles. The lowest BCUT2D eigenvalue weighted by Crippen LogP contribution is -2.24. The van der Waals surface area contributed by atoms with E-state index in [0.717, 1.165) is 33.8 Å². The van der Waals surface area contributed by atoms with Gasteiger partial charge < -0.3 is 10.1 Å². The van der Waals surface area contributed by atoms with Crippen LogP contribution in [0.2, 0.25) is 0 Å². The number of hydrogen-bond acceptors (Lipinski definition) is 4. The van der Waals surface area contributed by atoms with E-state index in [1.165, 1.54) is 16.9 Å². The fraction of sp³-hybridized carbons (Fsp3) is 0.429. The summed E-state index contributed by atoms with van der Waals surface area (Å²) < 4.78 is 7.53. The van der Waals surface area contributed by atoms with Crippen LogP contribution in [0.15, 0.2) is 36.4 Å². The van der Waals surface area contributed by atoms with Crippen LogP contribution in [0.1, 0.15) is 41.2 Å². The van der Waals surface area contributed by atoms with Gasteiger partial charge in [0.15, 0.2) is 0 Å². The Morgan fingerprint density at radius 1 is 1.30 bits per heavy atom. The van der Waals surface area contributed by atoms with Crippen molar-refractivity contribution in [3.8, 4) is 0 Å². The molecule has 0 saturated carbocycles. The van der Waals surface area contributed by atoms with Crippen molar-refractivity contribution in [3.05, 3.63) is 52.5 Å². The number of aromatic nitrogens is 2. The Kier molecular flexibility index (Phi) is 6.63. The minimum atomic E-state index is -0.0225. The molecule has 2 heterocycles. The fourth-order valence-electron chi connectivity index (χ4n) is 2.87. The molecule has 0 spiro atoms. The minimum absolute atomic E-state index is 0.0225. The first kappa shape index (κ1) is 19.6. The average Bonchev–Trinajstić information content (AvgIpc) is 3.20. The zero-order valence-electron chi connectivity index (χ0n) is 16.2. The van der Waals surface area contributed by atoms with Gasteiger partial charge in [0.05, 0.1) is 17.1 Å². The summed E-state index contributed by atoms with van der Waals surface area (Å²) in [6, 6.07) is 12.2. The van der Waals surface area contributed by atoms with E-state index in [1.54, 1.807) is 0 Å². The molecule has 3 rings (SSSR count). The fourth-order valence-corrected chi connectivity index (χ4v) is 3.95. The lowest BCUT2D eigenvalue weighted by atomic mass is 10.2. The van der Waals surface area contributed by atoms with Crippen LogP contribution in [0.3, 0.4) is 0 Å². The second-order valence-electron chi connectivity index (χ2n) is 7.14. The molecule has 1 aromatic carbocycles. The number of nitrogens with one attached hydrogen (secondary N) is 1. The number of carbonyl (C=O) groups is 1. The number of fused-ring (bicyclic) bond motifs is 1. The number of amides is 1. The largest absolute Gasteiger partial charge is 0.381 e. The lowest BCUT2D eigenvalue weighted by molar-refractivity contribution is 0.0928. The van der Waals surface area contributed by atoms with E-state index in [4.69, 9.17) is 4.74 Å². The van der Waals surface area contributed by atoms with Crippen LogP contribution in [-0.4, -0.2) is 35.4 Å². The second-order valence-corrected chi connectivity index (χ2v) is 8.17. The number of benzene rings is 1. The Labute approximate surface area is 164 Å². The van der Waals surface area contributed by atoms with Crippen LogP contribution in [0.4, 0.5) is 0 Å². The average molecular weight is 386 g/mol. The van der Waals surface area contributed by atoms with Crippen molar-refractivity contribution >= 4 is 27.5 Å². The van der Waals surface area contributed by atoms with Crippen LogP contribution >= 0.6 is 11.3 Å². The first-order chi connectivity index (χ1) is 13.0. The van der Waals surface area contributed by atoms with Crippen molar-refractivity contribution in [2.24, 2.45) is 5.92 Å². The van der Waals surface area contributed by atoms with Crippen molar-refractivity contribution < 1.29 is 9.53 Å². The summed E-state index contributed by atoms with van der Waals surface area (Å²) in [5, 5.41) is 8.68. The summed E-state index contributed by atoms with van der Waals surface area (Å²) >= 11 is 1.50. The predicted molar refractivity (Wildman–Crippen MR) is 110 cm³/mol. The third-order valence-corrected chi connectivity index (χ3v) is 5.36. The number of nitrogens with zero attached hydrogens (tertiary/aromatic N) is 2. The third-order valence-electron chi connectivity index (χ3n) is 4.21. The van der Waals surface area contributed by atoms with Crippen molar-refractivity contribution in [3.63, 3.8) is 0 Å². The van der Waals surface area contributed by atoms with Gasteiger partial charge in [-0.3, -0.25) is 9.48 Å². The molecule has 6 heteroatoms. The van der Waals surface area contributed by atoms with E-state index in [-0.39, 0.29) is 5.91 Å². The second kappa shape index (κ2) is 9.15. The van der Waals surface area contributed by atoms with Gasteiger partial charge in [-0.1, -0.05) is 44.2 Å². The van der Waals surface area contributed by atoms with E-state index in [0.29, 0.717) is 25.6 Å². The number of ether oxygens (including phenoxy) is 1. The van der Waals surface area contributed by atoms with Crippen LogP contribution in [0.5, 0.6) is 0 Å². The summed E-state index contributed by atoms with van der Waals surface area (Å²) in [6.45, 7) is 9.02. The van der Waals surface area contributed by atoms with Gasteiger partial charge in [-0.05, 0) is 30.9 Å². The van der Waals surface area contributed by atoms with Gasteiger partial charge in [0.25, 0.3) is 5.91 Å². The quantitative estimate of drug-likeness (QED) is 0.560. The van der Waals surface area contributed by atoms with Crippen LogP contribution in [0, 0.1) is 12.8 Å². The maximum atomic E-state index is 12.5. The molecule has 0 fully saturated rings. The smallest absolute Gasteiger partial charge is 0.261 e. The molecule has 5 nitrogen and oxygen atoms in total. The molecule has 3 aromatic rings. The summed E-state index contributed by atoms with van der Waals surface area (Å²) in [5.41, 5.74) is 2.15. The molecule has 0 unspecified atom stereocenters. The molecule has 0 aliphatic heterocycles. The highest BCUT2D eigenvalue weighted by Crippen LogP contribution is 2.28. The molecule has 144 valence electrons. The van der Waals surface area contributed by atoms with E-state index in [2.05, 4.69) is 36.4 Å². The number of aryl methyl sites for hydroxylation is 1. The molecule has 1 amide bonds. The minimum Gasteiger partial charge on any atom is -0.381 e. The monoisotopic (exact) mass is 385 g/mol. The third kappa shape index (κ3) is 5.17. The maximum absolute atomic E-state index is 12.5. The molecule has 0 radical (unpaired) electrons. The number of hydrogen-bond donors (Lipinski definition) is 1. The van der Waals surface area contributed by atoms with Gasteiger partial charge in [-0.25, -0.2) is 0 Å². The van der Waals surface area contributed by atoms with Gasteiger partial charge in [-0.15, -0.1) is 11.3 Å². The lowest BCUT2D eigenvalue weighted by Gasteiger charge is -2.07. The van der Waals surface area contributed by atoms with Gasteiger partial charge in [0.2, 0.25) is 0 Å². The van der Waals surface area contributed by atoms with Gasteiger partial charge in [0, 0.05) is 25.1 Å². The van der Waals surface area contributed by atoms with E-state index < -0.39 is 0 Å². The van der Waals surface area contributed by atoms with Crippen molar-refractivity contribution in [2.75, 3.05) is 19.8 Å². The highest BCUT2D eigenvalue weighted by molar-refractivity contribution is 7.20. The Hall–Kier alpha value is -2.18. The molecule has 0 bridgehead atoms. The number of thiophene rings is 1. The maximum Gasteiger partial charge on any atom is 0.261 e. The van der Waals surface area contributed by atoms with Crippen LogP contribution in [-0.2, 0) is 11.3 Å². The molecule has 0 aliphatic rings. The normalized spacial score (nSPS) is 11.4. The first-order valence-corrected chi connectivity index (χ1v) is 10.2. The molecule has 0 aliphatic carbocycles. The summed E-state index contributed by atoms with van der Waals surface area (Å²) in [6.07, 6.45) is 0.824. The van der Waals surface area contributed by atoms with Gasteiger partial charge in [0.1, 0.15) is 4.83 Å². The van der Waals surface area contributed by atoms with Gasteiger partial charge >= 0.3 is 0 Å². The Balaban J connectivity index is 1.61. The first-order valence-electron chi connectivity index (χ1n) is 9.41. The van der Waals surface area contributed by atoms with Gasteiger partial charge in [-0.2, -0.15) is 5.10 Å². The SMILES string of the molecule is Cc1nn(Cc2ccccc2)c2sc(C(=O)NCCCOCC(C)C)cc12. The Bertz CT molecular complexity index is 884. The van der Waals surface area contributed by atoms with E-state index in [1.807, 2.05) is 35.9 Å². The summed E-state index contributed by atoms with van der Waals surface area (Å²) in [5.74, 6) is 0.516. The van der Waals surface area contributed by atoms with Crippen LogP contribution < -0.4 is 5.32 Å². The van der Waals surface area contributed by atoms with Crippen molar-refractivity contribution in [2.45, 2.75) is 33.7 Å². The van der Waals surface area contributed by atoms with Crippen molar-refractivity contribution in [1.29, 1.82) is 0 Å². The Morgan fingerprint density at radius 2 is 2.07 bits per heavy atom. The molecular weight excluding hydrogens is 358 g/mol. The number of carbonyl (C=O) groups excluding carboxylic acids is 1. The van der Waals surface area contributed by atoms with E-state index in [9.17, 15) is 4.79 Å². The molecule has 27 heavy (non-hydrogen) atoms. The zero-order chi connectivity index (χ0) is 19.2. The highest BCUT2D eigenvalue weighted by Gasteiger charge is 2.16. The standard InChI is InChI=1S/C21H27N3O2S/c1-15(2)14-26-11-7-10-22-20(25)19-12-18-16(3)23-24(21(18)27-19)13-17-8-5-4-6-9-17/h4-6,8-9,12,15H,7,10-11,13-14H2,1-3H3,(H,22,25). The Morgan fingerprint density at radius 3 is 2.81 bits per heavy atom. The number of rotatable bonds is 9. The zero-order valence-corrected chi connectivity index (χ0v) is 17.0. The summed E-state index contributed by atoms with van der Waals surface area (Å²) in [7, 11) is 0. The predicted octanol–water partition coefficient (Wildman–Crippen LogP) is 4.25. The van der Waals surface area contributed by atoms with E-state index >= 15 is 0 Å². The molecule has 0 atom stereocenters. The topological polar surface area (TPSA) is 56.2 Å². The highest BCUT2D eigenvalue weighted by atomic mass is 32.1. The van der Waals surface area contributed by atoms with Crippen molar-refractivity contribution in [1.82, 2.24) is 15.1 Å². The molecule has 1 N–H and O–H groups in total. The van der Waals surface area contributed by atoms with Crippen LogP contribution in [0.25, 0.3) is 10.2 Å².